The Morgan fingerprint density at radius 2 is 0.457 bits per heavy atom. The Balaban J connectivity index is 1.28. The molecule has 4 N–H and O–H groups in total. The molecule has 0 spiro atoms. The topological polar surface area (TPSA) is 58.5 Å². The third-order valence-corrected chi connectivity index (χ3v) is 8.13. The van der Waals surface area contributed by atoms with E-state index in [1.54, 1.807) is 0 Å². The van der Waals surface area contributed by atoms with Crippen molar-refractivity contribution in [2.75, 3.05) is 21.3 Å². The normalized spacial score (nSPS) is 10.8. The van der Waals surface area contributed by atoms with Crippen molar-refractivity contribution in [3.8, 4) is 22.3 Å². The largest absolute Gasteiger partial charge is 0.399 e. The third kappa shape index (κ3) is 6.05. The van der Waals surface area contributed by atoms with Crippen molar-refractivity contribution >= 4 is 45.5 Å². The zero-order valence-corrected chi connectivity index (χ0v) is 25.4. The predicted octanol–water partition coefficient (Wildman–Crippen LogP) is 11.1. The summed E-state index contributed by atoms with van der Waals surface area (Å²) in [5.74, 6) is 0. The van der Waals surface area contributed by atoms with Crippen molar-refractivity contribution in [1.82, 2.24) is 0 Å². The van der Waals surface area contributed by atoms with E-state index in [4.69, 9.17) is 11.5 Å². The van der Waals surface area contributed by atoms with Gasteiger partial charge in [0.25, 0.3) is 0 Å². The molecule has 0 saturated carbocycles. The van der Waals surface area contributed by atoms with E-state index in [1.165, 1.54) is 22.3 Å². The van der Waals surface area contributed by atoms with Crippen molar-refractivity contribution < 1.29 is 0 Å². The Morgan fingerprint density at radius 3 is 0.739 bits per heavy atom. The van der Waals surface area contributed by atoms with Crippen molar-refractivity contribution in [3.63, 3.8) is 0 Å². The third-order valence-electron chi connectivity index (χ3n) is 8.13. The fourth-order valence-corrected chi connectivity index (χ4v) is 5.76. The first kappa shape index (κ1) is 28.5. The minimum absolute atomic E-state index is 0.726. The van der Waals surface area contributed by atoms with Gasteiger partial charge in [-0.3, -0.25) is 0 Å². The lowest BCUT2D eigenvalue weighted by Crippen LogP contribution is -2.12. The highest BCUT2D eigenvalue weighted by Gasteiger charge is 2.16. The molecule has 0 aliphatic rings. The maximum Gasteiger partial charge on any atom is 0.0463 e. The van der Waals surface area contributed by atoms with E-state index in [0.717, 1.165) is 45.5 Å². The van der Waals surface area contributed by atoms with E-state index in [0.29, 0.717) is 0 Å². The summed E-state index contributed by atoms with van der Waals surface area (Å²) in [4.78, 5) is 4.50. The molecular formula is C42H34N4. The number of nitrogen functional groups attached to an aromatic ring is 2. The van der Waals surface area contributed by atoms with Crippen LogP contribution in [0.3, 0.4) is 0 Å². The summed E-state index contributed by atoms with van der Waals surface area (Å²) < 4.78 is 0. The predicted molar refractivity (Wildman–Crippen MR) is 196 cm³/mol. The first-order chi connectivity index (χ1) is 22.6. The van der Waals surface area contributed by atoms with Crippen LogP contribution in [-0.2, 0) is 0 Å². The van der Waals surface area contributed by atoms with Gasteiger partial charge in [0, 0.05) is 45.5 Å². The fraction of sp³-hybridized carbons (Fsp3) is 0. The number of hydrogen-bond acceptors (Lipinski definition) is 4. The van der Waals surface area contributed by atoms with Crippen LogP contribution >= 0.6 is 0 Å². The molecule has 0 fully saturated rings. The summed E-state index contributed by atoms with van der Waals surface area (Å²) in [6.45, 7) is 0. The van der Waals surface area contributed by atoms with Crippen LogP contribution in [0, 0.1) is 0 Å². The number of hydrogen-bond donors (Lipinski definition) is 2. The molecule has 0 bridgehead atoms. The second kappa shape index (κ2) is 12.8. The van der Waals surface area contributed by atoms with Crippen LogP contribution in [0.15, 0.2) is 182 Å². The van der Waals surface area contributed by atoms with Gasteiger partial charge in [0.2, 0.25) is 0 Å². The Kier molecular flexibility index (Phi) is 7.91. The monoisotopic (exact) mass is 594 g/mol. The molecule has 4 heteroatoms. The highest BCUT2D eigenvalue weighted by Crippen LogP contribution is 2.40. The van der Waals surface area contributed by atoms with Crippen LogP contribution in [0.1, 0.15) is 0 Å². The molecule has 0 radical (unpaired) electrons. The van der Waals surface area contributed by atoms with E-state index in [1.807, 2.05) is 60.7 Å². The van der Waals surface area contributed by atoms with Gasteiger partial charge in [0.05, 0.1) is 0 Å². The van der Waals surface area contributed by atoms with Crippen LogP contribution in [0.25, 0.3) is 22.3 Å². The van der Waals surface area contributed by atoms with E-state index < -0.39 is 0 Å². The molecule has 7 aromatic rings. The molecule has 0 amide bonds. The molecule has 0 saturated heterocycles. The van der Waals surface area contributed by atoms with E-state index in [9.17, 15) is 0 Å². The van der Waals surface area contributed by atoms with E-state index in [-0.39, 0.29) is 0 Å². The van der Waals surface area contributed by atoms with Gasteiger partial charge in [-0.15, -0.1) is 0 Å². The molecule has 0 heterocycles. The smallest absolute Gasteiger partial charge is 0.0463 e. The van der Waals surface area contributed by atoms with Crippen molar-refractivity contribution in [2.45, 2.75) is 0 Å². The summed E-state index contributed by atoms with van der Waals surface area (Å²) in [6.07, 6.45) is 0. The summed E-state index contributed by atoms with van der Waals surface area (Å²) in [5, 5.41) is 0. The Bertz CT molecular complexity index is 1870. The summed E-state index contributed by atoms with van der Waals surface area (Å²) >= 11 is 0. The molecule has 4 nitrogen and oxygen atoms in total. The molecule has 46 heavy (non-hydrogen) atoms. The second-order valence-electron chi connectivity index (χ2n) is 11.2. The average Bonchev–Trinajstić information content (AvgIpc) is 3.12. The Morgan fingerprint density at radius 1 is 0.239 bits per heavy atom. The van der Waals surface area contributed by atoms with E-state index in [2.05, 4.69) is 131 Å². The lowest BCUT2D eigenvalue weighted by molar-refractivity contribution is 1.26. The van der Waals surface area contributed by atoms with Crippen molar-refractivity contribution in [2.24, 2.45) is 0 Å². The maximum absolute atomic E-state index is 6.03. The van der Waals surface area contributed by atoms with Crippen molar-refractivity contribution in [1.29, 1.82) is 0 Å². The van der Waals surface area contributed by atoms with Gasteiger partial charge < -0.3 is 21.3 Å². The maximum atomic E-state index is 6.03. The van der Waals surface area contributed by atoms with Gasteiger partial charge in [-0.25, -0.2) is 0 Å². The van der Waals surface area contributed by atoms with Crippen LogP contribution in [0.4, 0.5) is 45.5 Å². The molecule has 7 rings (SSSR count). The van der Waals surface area contributed by atoms with Gasteiger partial charge in [0.1, 0.15) is 0 Å². The number of benzene rings is 7. The number of rotatable bonds is 8. The first-order valence-electron chi connectivity index (χ1n) is 15.3. The lowest BCUT2D eigenvalue weighted by Gasteiger charge is -2.28. The summed E-state index contributed by atoms with van der Waals surface area (Å²) in [6, 6.07) is 63.0. The molecule has 0 atom stereocenters. The molecule has 0 unspecified atom stereocenters. The minimum atomic E-state index is 0.726. The SMILES string of the molecule is Nc1ccc(N(c2ccc(N)cc2)c2ccc(N(c3ccc(-c4ccccc4)cc3)c3ccc(-c4ccccc4)cc3)cc2)cc1. The van der Waals surface area contributed by atoms with Crippen molar-refractivity contribution in [3.05, 3.63) is 182 Å². The number of nitrogens with two attached hydrogens (primary N) is 2. The lowest BCUT2D eigenvalue weighted by atomic mass is 10.0. The summed E-state index contributed by atoms with van der Waals surface area (Å²) in [5.41, 5.74) is 24.5. The highest BCUT2D eigenvalue weighted by molar-refractivity contribution is 5.83. The highest BCUT2D eigenvalue weighted by atomic mass is 15.2. The molecule has 0 aliphatic carbocycles. The van der Waals surface area contributed by atoms with Crippen LogP contribution in [-0.4, -0.2) is 0 Å². The zero-order valence-electron chi connectivity index (χ0n) is 25.4. The quantitative estimate of drug-likeness (QED) is 0.172. The summed E-state index contributed by atoms with van der Waals surface area (Å²) in [7, 11) is 0. The molecule has 222 valence electrons. The van der Waals surface area contributed by atoms with E-state index >= 15 is 0 Å². The standard InChI is InChI=1S/C42H34N4/c43-35-15-23-39(24-16-35)46(40-25-17-36(44)18-26-40)42-29-27-41(28-30-42)45(37-19-11-33(12-20-37)31-7-3-1-4-8-31)38-21-13-34(14-22-38)32-9-5-2-6-10-32/h1-30H,43-44H2. The molecular weight excluding hydrogens is 560 g/mol. The van der Waals surface area contributed by atoms with Crippen LogP contribution in [0.2, 0.25) is 0 Å². The Hall–Kier alpha value is -6.26. The van der Waals surface area contributed by atoms with Gasteiger partial charge in [-0.2, -0.15) is 0 Å². The van der Waals surface area contributed by atoms with Gasteiger partial charge in [-0.1, -0.05) is 84.9 Å². The average molecular weight is 595 g/mol. The Labute approximate surface area is 270 Å². The van der Waals surface area contributed by atoms with Gasteiger partial charge >= 0.3 is 0 Å². The zero-order chi connectivity index (χ0) is 31.3. The second-order valence-corrected chi connectivity index (χ2v) is 11.2. The van der Waals surface area contributed by atoms with Gasteiger partial charge in [-0.05, 0) is 119 Å². The molecule has 0 aliphatic heterocycles. The molecule has 7 aromatic carbocycles. The number of nitrogens with zero attached hydrogens (tertiary/aromatic N) is 2. The first-order valence-corrected chi connectivity index (χ1v) is 15.3. The van der Waals surface area contributed by atoms with Crippen LogP contribution < -0.4 is 21.3 Å². The number of anilines is 8. The fourth-order valence-electron chi connectivity index (χ4n) is 5.76. The van der Waals surface area contributed by atoms with Crippen LogP contribution in [0.5, 0.6) is 0 Å². The minimum Gasteiger partial charge on any atom is -0.399 e. The molecule has 0 aromatic heterocycles. The van der Waals surface area contributed by atoms with Gasteiger partial charge in [0.15, 0.2) is 0 Å².